The summed E-state index contributed by atoms with van der Waals surface area (Å²) in [4.78, 5) is 10.7. The van der Waals surface area contributed by atoms with Crippen molar-refractivity contribution in [3.63, 3.8) is 0 Å². The van der Waals surface area contributed by atoms with Gasteiger partial charge >= 0.3 is 5.97 Å². The van der Waals surface area contributed by atoms with Gasteiger partial charge < -0.3 is 9.84 Å². The highest BCUT2D eigenvalue weighted by molar-refractivity contribution is 14.1. The Morgan fingerprint density at radius 3 is 2.75 bits per heavy atom. The summed E-state index contributed by atoms with van der Waals surface area (Å²) in [5.41, 5.74) is 0.292. The summed E-state index contributed by atoms with van der Waals surface area (Å²) in [7, 11) is 0. The van der Waals surface area contributed by atoms with Gasteiger partial charge in [-0.05, 0) is 54.1 Å². The minimum atomic E-state index is -0.911. The molecule has 0 heterocycles. The number of aromatic carboxylic acids is 1. The molecule has 3 nitrogen and oxygen atoms in total. The van der Waals surface area contributed by atoms with Crippen LogP contribution in [0, 0.1) is 3.57 Å². The first-order valence-corrected chi connectivity index (χ1v) is 6.32. The summed E-state index contributed by atoms with van der Waals surface area (Å²) in [6.07, 6.45) is 2.23. The lowest BCUT2D eigenvalue weighted by Crippen LogP contribution is -2.12. The molecule has 0 saturated carbocycles. The largest absolute Gasteiger partial charge is 0.490 e. The van der Waals surface area contributed by atoms with Gasteiger partial charge in [-0.3, -0.25) is 0 Å². The normalized spacial score (nSPS) is 12.2. The first-order chi connectivity index (χ1) is 7.54. The molecule has 0 saturated heterocycles. The van der Waals surface area contributed by atoms with Crippen molar-refractivity contribution in [2.75, 3.05) is 0 Å². The van der Waals surface area contributed by atoms with Crippen molar-refractivity contribution < 1.29 is 14.6 Å². The van der Waals surface area contributed by atoms with Crippen molar-refractivity contribution in [3.8, 4) is 5.75 Å². The Labute approximate surface area is 109 Å². The number of ether oxygens (including phenoxy) is 1. The van der Waals surface area contributed by atoms with Crippen molar-refractivity contribution in [3.05, 3.63) is 27.3 Å². The minimum Gasteiger partial charge on any atom is -0.490 e. The maximum Gasteiger partial charge on any atom is 0.335 e. The molecule has 4 heteroatoms. The second-order valence-corrected chi connectivity index (χ2v) is 4.83. The van der Waals surface area contributed by atoms with Crippen molar-refractivity contribution in [1.82, 2.24) is 0 Å². The molecule has 1 aromatic rings. The van der Waals surface area contributed by atoms with E-state index in [0.717, 1.165) is 22.2 Å². The van der Waals surface area contributed by atoms with Crippen LogP contribution in [-0.4, -0.2) is 17.2 Å². The molecule has 16 heavy (non-hydrogen) atoms. The van der Waals surface area contributed by atoms with Crippen LogP contribution in [0.25, 0.3) is 0 Å². The van der Waals surface area contributed by atoms with Crippen LogP contribution in [0.4, 0.5) is 0 Å². The van der Waals surface area contributed by atoms with E-state index in [4.69, 9.17) is 9.84 Å². The van der Waals surface area contributed by atoms with Gasteiger partial charge in [0.1, 0.15) is 5.75 Å². The average Bonchev–Trinajstić information content (AvgIpc) is 2.21. The summed E-state index contributed by atoms with van der Waals surface area (Å²) in [5, 5.41) is 8.82. The molecule has 0 aliphatic heterocycles. The van der Waals surface area contributed by atoms with E-state index in [-0.39, 0.29) is 6.10 Å². The van der Waals surface area contributed by atoms with E-state index in [1.54, 1.807) is 18.2 Å². The fourth-order valence-corrected chi connectivity index (χ4v) is 2.05. The van der Waals surface area contributed by atoms with E-state index in [2.05, 4.69) is 29.5 Å². The number of carboxylic acids is 1. The van der Waals surface area contributed by atoms with Crippen LogP contribution in [0.15, 0.2) is 18.2 Å². The molecule has 0 aliphatic rings. The quantitative estimate of drug-likeness (QED) is 0.838. The Hall–Kier alpha value is -0.780. The molecular formula is C12H15IO3. The van der Waals surface area contributed by atoms with E-state index < -0.39 is 5.97 Å². The third-order valence-corrected chi connectivity index (χ3v) is 3.05. The van der Waals surface area contributed by atoms with Crippen LogP contribution in [-0.2, 0) is 0 Å². The zero-order valence-corrected chi connectivity index (χ0v) is 11.5. The van der Waals surface area contributed by atoms with E-state index in [1.165, 1.54) is 0 Å². The fraction of sp³-hybridized carbons (Fsp3) is 0.417. The third kappa shape index (κ3) is 3.66. The van der Waals surface area contributed by atoms with Gasteiger partial charge in [-0.25, -0.2) is 4.79 Å². The minimum absolute atomic E-state index is 0.161. The molecule has 0 radical (unpaired) electrons. The Morgan fingerprint density at radius 1 is 1.56 bits per heavy atom. The van der Waals surface area contributed by atoms with Crippen LogP contribution >= 0.6 is 22.6 Å². The molecule has 0 amide bonds. The number of hydrogen-bond acceptors (Lipinski definition) is 2. The van der Waals surface area contributed by atoms with Crippen LogP contribution in [0.2, 0.25) is 0 Å². The predicted molar refractivity (Wildman–Crippen MR) is 71.1 cm³/mol. The van der Waals surface area contributed by atoms with Gasteiger partial charge in [0, 0.05) is 0 Å². The zero-order valence-electron chi connectivity index (χ0n) is 9.37. The predicted octanol–water partition coefficient (Wildman–Crippen LogP) is 3.56. The SMILES string of the molecule is CCC[C@@H](C)Oc1ccc(C(=O)O)cc1I. The van der Waals surface area contributed by atoms with E-state index in [9.17, 15) is 4.79 Å². The second kappa shape index (κ2) is 6.08. The lowest BCUT2D eigenvalue weighted by atomic mass is 10.2. The second-order valence-electron chi connectivity index (χ2n) is 3.67. The maximum atomic E-state index is 10.7. The molecule has 0 fully saturated rings. The molecule has 0 unspecified atom stereocenters. The molecule has 1 aromatic carbocycles. The van der Waals surface area contributed by atoms with Crippen LogP contribution < -0.4 is 4.74 Å². The summed E-state index contributed by atoms with van der Waals surface area (Å²) in [6.45, 7) is 4.13. The summed E-state index contributed by atoms with van der Waals surface area (Å²) >= 11 is 2.09. The van der Waals surface area contributed by atoms with Gasteiger partial charge in [0.2, 0.25) is 0 Å². The number of benzene rings is 1. The highest BCUT2D eigenvalue weighted by Gasteiger charge is 2.09. The zero-order chi connectivity index (χ0) is 12.1. The van der Waals surface area contributed by atoms with Crippen LogP contribution in [0.5, 0.6) is 5.75 Å². The topological polar surface area (TPSA) is 46.5 Å². The smallest absolute Gasteiger partial charge is 0.335 e. The molecule has 88 valence electrons. The van der Waals surface area contributed by atoms with Crippen LogP contribution in [0.3, 0.4) is 0 Å². The van der Waals surface area contributed by atoms with Gasteiger partial charge in [0.05, 0.1) is 15.2 Å². The summed E-state index contributed by atoms with van der Waals surface area (Å²) < 4.78 is 6.55. The Morgan fingerprint density at radius 2 is 2.25 bits per heavy atom. The molecule has 0 spiro atoms. The van der Waals surface area contributed by atoms with E-state index in [0.29, 0.717) is 5.56 Å². The number of rotatable bonds is 5. The van der Waals surface area contributed by atoms with Gasteiger partial charge in [-0.1, -0.05) is 13.3 Å². The average molecular weight is 334 g/mol. The molecule has 0 aromatic heterocycles. The lowest BCUT2D eigenvalue weighted by molar-refractivity contribution is 0.0696. The maximum absolute atomic E-state index is 10.7. The first-order valence-electron chi connectivity index (χ1n) is 5.24. The molecule has 1 N–H and O–H groups in total. The molecule has 1 rings (SSSR count). The van der Waals surface area contributed by atoms with E-state index in [1.807, 2.05) is 6.92 Å². The first kappa shape index (κ1) is 13.3. The monoisotopic (exact) mass is 334 g/mol. The van der Waals surface area contributed by atoms with Gasteiger partial charge in [-0.15, -0.1) is 0 Å². The van der Waals surface area contributed by atoms with Gasteiger partial charge in [0.25, 0.3) is 0 Å². The third-order valence-electron chi connectivity index (χ3n) is 2.20. The lowest BCUT2D eigenvalue weighted by Gasteiger charge is -2.15. The molecule has 0 aliphatic carbocycles. The fourth-order valence-electron chi connectivity index (χ4n) is 1.41. The Balaban J connectivity index is 2.79. The number of hydrogen-bond donors (Lipinski definition) is 1. The van der Waals surface area contributed by atoms with Crippen molar-refractivity contribution >= 4 is 28.6 Å². The van der Waals surface area contributed by atoms with Gasteiger partial charge in [0.15, 0.2) is 0 Å². The molecule has 0 bridgehead atoms. The Bertz CT molecular complexity index is 377. The van der Waals surface area contributed by atoms with E-state index >= 15 is 0 Å². The molecular weight excluding hydrogens is 319 g/mol. The van der Waals surface area contributed by atoms with Crippen molar-refractivity contribution in [1.29, 1.82) is 0 Å². The summed E-state index contributed by atoms with van der Waals surface area (Å²) in [6, 6.07) is 4.91. The number of carbonyl (C=O) groups is 1. The van der Waals surface area contributed by atoms with Crippen LogP contribution in [0.1, 0.15) is 37.0 Å². The highest BCUT2D eigenvalue weighted by Crippen LogP contribution is 2.24. The highest BCUT2D eigenvalue weighted by atomic mass is 127. The van der Waals surface area contributed by atoms with Gasteiger partial charge in [-0.2, -0.15) is 0 Å². The van der Waals surface area contributed by atoms with Crippen molar-refractivity contribution in [2.24, 2.45) is 0 Å². The van der Waals surface area contributed by atoms with Crippen molar-refractivity contribution in [2.45, 2.75) is 32.8 Å². The number of halogens is 1. The standard InChI is InChI=1S/C12H15IO3/c1-3-4-8(2)16-11-6-5-9(12(14)15)7-10(11)13/h5-8H,3-4H2,1-2H3,(H,14,15)/t8-/m1/s1. The number of carboxylic acid groups (broad SMARTS) is 1. The Kier molecular flexibility index (Phi) is 5.05. The molecule has 1 atom stereocenters. The summed E-state index contributed by atoms with van der Waals surface area (Å²) in [5.74, 6) is -0.155.